The highest BCUT2D eigenvalue weighted by atomic mass is 35.5. The average Bonchev–Trinajstić information content (AvgIpc) is 3.57. The molecule has 0 aliphatic carbocycles. The second-order valence-electron chi connectivity index (χ2n) is 11.6. The zero-order valence-electron chi connectivity index (χ0n) is 26.3. The molecule has 0 aromatic heterocycles. The molecule has 3 aromatic carbocycles. The van der Waals surface area contributed by atoms with Crippen LogP contribution in [0.2, 0.25) is 5.02 Å². The van der Waals surface area contributed by atoms with Crippen molar-refractivity contribution >= 4 is 47.4 Å². The van der Waals surface area contributed by atoms with E-state index in [1.807, 2.05) is 59.5 Å². The monoisotopic (exact) mass is 662 g/mol. The van der Waals surface area contributed by atoms with Gasteiger partial charge in [-0.1, -0.05) is 60.1 Å². The maximum Gasteiger partial charge on any atom is 0.411 e. The van der Waals surface area contributed by atoms with E-state index >= 15 is 0 Å². The molecule has 5 rings (SSSR count). The Morgan fingerprint density at radius 2 is 1.64 bits per heavy atom. The summed E-state index contributed by atoms with van der Waals surface area (Å²) in [6, 6.07) is 20.4. The largest absolute Gasteiger partial charge is 0.496 e. The van der Waals surface area contributed by atoms with Crippen molar-refractivity contribution in [1.82, 2.24) is 9.80 Å². The molecule has 0 radical (unpaired) electrons. The number of carbonyl (C=O) groups excluding carboxylic acids is 4. The molecule has 0 unspecified atom stereocenters. The Labute approximate surface area is 279 Å². The molecule has 2 N–H and O–H groups in total. The number of nitrogens with one attached hydrogen (secondary N) is 2. The molecule has 2 aliphatic heterocycles. The normalized spacial score (nSPS) is 16.7. The van der Waals surface area contributed by atoms with Gasteiger partial charge in [0.25, 0.3) is 0 Å². The number of anilines is 2. The Balaban J connectivity index is 0.982. The Kier molecular flexibility index (Phi) is 11.7. The lowest BCUT2D eigenvalue weighted by Crippen LogP contribution is -2.40. The van der Waals surface area contributed by atoms with E-state index in [1.54, 1.807) is 0 Å². The van der Waals surface area contributed by atoms with E-state index in [1.165, 1.54) is 19.2 Å². The van der Waals surface area contributed by atoms with Gasteiger partial charge in [-0.2, -0.15) is 0 Å². The third-order valence-electron chi connectivity index (χ3n) is 8.47. The summed E-state index contributed by atoms with van der Waals surface area (Å²) >= 11 is 6.17. The summed E-state index contributed by atoms with van der Waals surface area (Å²) in [5.74, 6) is 0.387. The number of likely N-dealkylation sites (tertiary alicyclic amines) is 2. The van der Waals surface area contributed by atoms with Crippen LogP contribution in [0.15, 0.2) is 66.7 Å². The number of para-hydroxylation sites is 1. The van der Waals surface area contributed by atoms with Crippen molar-refractivity contribution in [2.24, 2.45) is 5.92 Å². The molecule has 12 heteroatoms. The van der Waals surface area contributed by atoms with Gasteiger partial charge >= 0.3 is 12.2 Å². The van der Waals surface area contributed by atoms with Gasteiger partial charge < -0.3 is 24.0 Å². The number of piperidine rings is 1. The van der Waals surface area contributed by atoms with Gasteiger partial charge in [0.05, 0.1) is 35.7 Å². The van der Waals surface area contributed by atoms with Crippen molar-refractivity contribution in [3.8, 4) is 16.9 Å². The zero-order chi connectivity index (χ0) is 33.2. The molecular formula is C35H39ClN4O7. The van der Waals surface area contributed by atoms with Gasteiger partial charge in [0, 0.05) is 56.7 Å². The number of amides is 3. The molecule has 0 bridgehead atoms. The van der Waals surface area contributed by atoms with E-state index in [9.17, 15) is 19.2 Å². The number of aldehydes is 1. The SMILES string of the molecule is COc1cc(NC(=O)OC[C@@H]2CCN(C(=O)CCN3CCC(OC(=O)Nc4ccccc4-c4ccccc4)CC3)C2)c(Cl)cc1C=O. The minimum atomic E-state index is -0.681. The summed E-state index contributed by atoms with van der Waals surface area (Å²) in [5.41, 5.74) is 3.18. The molecule has 2 heterocycles. The van der Waals surface area contributed by atoms with Crippen molar-refractivity contribution in [2.75, 3.05) is 57.1 Å². The topological polar surface area (TPSA) is 127 Å². The van der Waals surface area contributed by atoms with Gasteiger partial charge in [0.15, 0.2) is 6.29 Å². The van der Waals surface area contributed by atoms with E-state index < -0.39 is 12.2 Å². The fraction of sp³-hybridized carbons (Fsp3) is 0.371. The number of carbonyl (C=O) groups is 4. The van der Waals surface area contributed by atoms with Crippen LogP contribution in [0.3, 0.4) is 0 Å². The van der Waals surface area contributed by atoms with Crippen LogP contribution in [-0.2, 0) is 14.3 Å². The summed E-state index contributed by atoms with van der Waals surface area (Å²) in [6.07, 6.45) is 1.82. The molecule has 0 saturated carbocycles. The van der Waals surface area contributed by atoms with Crippen molar-refractivity contribution in [3.63, 3.8) is 0 Å². The molecule has 2 saturated heterocycles. The van der Waals surface area contributed by atoms with Crippen LogP contribution in [0, 0.1) is 5.92 Å². The van der Waals surface area contributed by atoms with E-state index in [0.29, 0.717) is 50.9 Å². The molecule has 2 fully saturated rings. The third-order valence-corrected chi connectivity index (χ3v) is 8.78. The Bertz CT molecular complexity index is 1560. The average molecular weight is 663 g/mol. The van der Waals surface area contributed by atoms with E-state index in [2.05, 4.69) is 15.5 Å². The standard InChI is InChI=1S/C35H39ClN4O7/c1-45-32-20-31(29(36)19-26(32)22-41)38-34(43)46-23-24-11-18-40(21-24)33(42)14-17-39-15-12-27(13-16-39)47-35(44)37-30-10-6-5-9-28(30)25-7-3-2-4-8-25/h2-10,19-20,22,24,27H,11-18,21,23H2,1H3,(H,37,44)(H,38,43)/t24-/m1/s1. The Hall–Kier alpha value is -4.61. The lowest BCUT2D eigenvalue weighted by atomic mass is 10.0. The van der Waals surface area contributed by atoms with Crippen molar-refractivity contribution < 1.29 is 33.4 Å². The van der Waals surface area contributed by atoms with Gasteiger partial charge in [-0.05, 0) is 37.0 Å². The second kappa shape index (κ2) is 16.3. The number of hydrogen-bond acceptors (Lipinski definition) is 8. The molecule has 1 atom stereocenters. The number of benzene rings is 3. The van der Waals surface area contributed by atoms with Crippen molar-refractivity contribution in [2.45, 2.75) is 31.8 Å². The molecular weight excluding hydrogens is 624 g/mol. The van der Waals surface area contributed by atoms with Crippen LogP contribution >= 0.6 is 11.6 Å². The molecule has 3 aromatic rings. The quantitative estimate of drug-likeness (QED) is 0.228. The molecule has 11 nitrogen and oxygen atoms in total. The zero-order valence-corrected chi connectivity index (χ0v) is 27.0. The van der Waals surface area contributed by atoms with Crippen LogP contribution in [-0.4, -0.2) is 86.7 Å². The van der Waals surface area contributed by atoms with Crippen molar-refractivity contribution in [1.29, 1.82) is 0 Å². The predicted molar refractivity (Wildman–Crippen MR) is 179 cm³/mol. The number of ether oxygens (including phenoxy) is 3. The maximum absolute atomic E-state index is 12.9. The third kappa shape index (κ3) is 9.24. The molecule has 2 aliphatic rings. The number of rotatable bonds is 11. The van der Waals surface area contributed by atoms with Gasteiger partial charge in [-0.25, -0.2) is 9.59 Å². The summed E-state index contributed by atoms with van der Waals surface area (Å²) < 4.78 is 16.3. The minimum absolute atomic E-state index is 0.0332. The highest BCUT2D eigenvalue weighted by molar-refractivity contribution is 6.34. The summed E-state index contributed by atoms with van der Waals surface area (Å²) in [6.45, 7) is 3.41. The summed E-state index contributed by atoms with van der Waals surface area (Å²) in [5, 5.41) is 5.66. The Morgan fingerprint density at radius 3 is 2.38 bits per heavy atom. The number of nitrogens with zero attached hydrogens (tertiary/aromatic N) is 2. The van der Waals surface area contributed by atoms with Crippen LogP contribution in [0.1, 0.15) is 36.0 Å². The highest BCUT2D eigenvalue weighted by Gasteiger charge is 2.28. The fourth-order valence-electron chi connectivity index (χ4n) is 5.88. The predicted octanol–water partition coefficient (Wildman–Crippen LogP) is 6.33. The number of methoxy groups -OCH3 is 1. The Morgan fingerprint density at radius 1 is 0.915 bits per heavy atom. The molecule has 47 heavy (non-hydrogen) atoms. The first kappa shape index (κ1) is 33.7. The number of hydrogen-bond donors (Lipinski definition) is 2. The van der Waals surface area contributed by atoms with Gasteiger partial charge in [-0.15, -0.1) is 0 Å². The fourth-order valence-corrected chi connectivity index (χ4v) is 6.10. The van der Waals surface area contributed by atoms with Crippen LogP contribution in [0.4, 0.5) is 21.0 Å². The molecule has 248 valence electrons. The van der Waals surface area contributed by atoms with Gasteiger partial charge in [-0.3, -0.25) is 20.2 Å². The van der Waals surface area contributed by atoms with Crippen molar-refractivity contribution in [3.05, 3.63) is 77.3 Å². The second-order valence-corrected chi connectivity index (χ2v) is 12.0. The van der Waals surface area contributed by atoms with E-state index in [0.717, 1.165) is 30.6 Å². The van der Waals surface area contributed by atoms with Gasteiger partial charge in [0.1, 0.15) is 11.9 Å². The lowest BCUT2D eigenvalue weighted by molar-refractivity contribution is -0.130. The van der Waals surface area contributed by atoms with E-state index in [-0.39, 0.29) is 46.6 Å². The smallest absolute Gasteiger partial charge is 0.411 e. The van der Waals surface area contributed by atoms with Crippen LogP contribution < -0.4 is 15.4 Å². The maximum atomic E-state index is 12.9. The first-order chi connectivity index (χ1) is 22.8. The van der Waals surface area contributed by atoms with Crippen LogP contribution in [0.25, 0.3) is 11.1 Å². The summed E-state index contributed by atoms with van der Waals surface area (Å²) in [4.78, 5) is 53.2. The van der Waals surface area contributed by atoms with Crippen LogP contribution in [0.5, 0.6) is 5.75 Å². The first-order valence-electron chi connectivity index (χ1n) is 15.7. The first-order valence-corrected chi connectivity index (χ1v) is 16.1. The molecule has 0 spiro atoms. The van der Waals surface area contributed by atoms with E-state index in [4.69, 9.17) is 25.8 Å². The van der Waals surface area contributed by atoms with Gasteiger partial charge in [0.2, 0.25) is 5.91 Å². The number of halogens is 1. The minimum Gasteiger partial charge on any atom is -0.496 e. The molecule has 3 amide bonds. The lowest BCUT2D eigenvalue weighted by Gasteiger charge is -2.31. The highest BCUT2D eigenvalue weighted by Crippen LogP contribution is 2.31. The summed E-state index contributed by atoms with van der Waals surface area (Å²) in [7, 11) is 1.42.